The van der Waals surface area contributed by atoms with Gasteiger partial charge in [-0.2, -0.15) is 10.6 Å². The molecule has 0 aromatic heterocycles. The van der Waals surface area contributed by atoms with Gasteiger partial charge in [-0.25, -0.2) is 8.42 Å². The zero-order valence-corrected chi connectivity index (χ0v) is 15.7. The number of ether oxygens (including phenoxy) is 1. The molecule has 0 spiro atoms. The zero-order valence-electron chi connectivity index (χ0n) is 13.2. The highest BCUT2D eigenvalue weighted by Crippen LogP contribution is 2.63. The molecule has 6 nitrogen and oxygen atoms in total. The van der Waals surface area contributed by atoms with Crippen LogP contribution in [0.5, 0.6) is 5.75 Å². The summed E-state index contributed by atoms with van der Waals surface area (Å²) in [6.07, 6.45) is 0. The topological polar surface area (TPSA) is 110 Å². The molecule has 0 fully saturated rings. The number of halogens is 1. The van der Waals surface area contributed by atoms with Crippen LogP contribution < -0.4 is 10.5 Å². The molecule has 2 aromatic rings. The van der Waals surface area contributed by atoms with Gasteiger partial charge in [0.15, 0.2) is 9.84 Å². The van der Waals surface area contributed by atoms with Crippen molar-refractivity contribution >= 4 is 32.8 Å². The fourth-order valence-corrected chi connectivity index (χ4v) is 7.26. The molecule has 1 atom stereocenters. The monoisotopic (exact) mass is 405 g/mol. The van der Waals surface area contributed by atoms with Crippen molar-refractivity contribution in [3.05, 3.63) is 54.1 Å². The second-order valence-corrected chi connectivity index (χ2v) is 9.72. The van der Waals surface area contributed by atoms with Crippen molar-refractivity contribution in [2.45, 2.75) is 15.0 Å². The third-order valence-electron chi connectivity index (χ3n) is 3.91. The highest BCUT2D eigenvalue weighted by Gasteiger charge is 2.45. The van der Waals surface area contributed by atoms with Crippen molar-refractivity contribution in [2.75, 3.05) is 18.9 Å². The molecule has 4 N–H and O–H groups in total. The van der Waals surface area contributed by atoms with Gasteiger partial charge in [0.05, 0.1) is 15.5 Å². The molecule has 1 aliphatic heterocycles. The Morgan fingerprint density at radius 3 is 2.44 bits per heavy atom. The molecule has 0 saturated carbocycles. The molecule has 1 aliphatic rings. The molecule has 0 amide bonds. The molecule has 1 unspecified atom stereocenters. The average molecular weight is 406 g/mol. The summed E-state index contributed by atoms with van der Waals surface area (Å²) < 4.78 is 52.3. The Kier molecular flexibility index (Phi) is 6.03. The van der Waals surface area contributed by atoms with Crippen LogP contribution in [0.4, 0.5) is 0 Å². The average Bonchev–Trinajstić information content (AvgIpc) is 2.86. The van der Waals surface area contributed by atoms with E-state index < -0.39 is 25.7 Å². The van der Waals surface area contributed by atoms with Crippen LogP contribution in [-0.2, 0) is 9.84 Å². The molecular weight excluding hydrogens is 386 g/mol. The molecule has 0 radical (unpaired) electrons. The van der Waals surface area contributed by atoms with Gasteiger partial charge in [-0.3, -0.25) is 9.11 Å². The predicted octanol–water partition coefficient (Wildman–Crippen LogP) is 3.08. The molecule has 0 aliphatic carbocycles. The summed E-state index contributed by atoms with van der Waals surface area (Å²) in [4.78, 5) is 0.383. The highest BCUT2D eigenvalue weighted by atomic mass is 35.5. The Morgan fingerprint density at radius 2 is 1.80 bits per heavy atom. The van der Waals surface area contributed by atoms with Crippen LogP contribution in [0, 0.1) is 0 Å². The van der Waals surface area contributed by atoms with Crippen molar-refractivity contribution < 1.29 is 22.3 Å². The number of sulfone groups is 1. The third-order valence-corrected chi connectivity index (χ3v) is 8.06. The Bertz CT molecular complexity index is 843. The van der Waals surface area contributed by atoms with Gasteiger partial charge in [-0.05, 0) is 24.3 Å². The molecule has 0 saturated heterocycles. The molecule has 0 bridgehead atoms. The number of nitrogens with two attached hydrogens (primary N) is 1. The molecular formula is C16H20ClNO5S2. The van der Waals surface area contributed by atoms with Gasteiger partial charge in [-0.15, -0.1) is 12.4 Å². The van der Waals surface area contributed by atoms with Gasteiger partial charge < -0.3 is 10.5 Å². The smallest absolute Gasteiger partial charge is 0.187 e. The van der Waals surface area contributed by atoms with Gasteiger partial charge in [0.25, 0.3) is 0 Å². The SMILES string of the molecule is Cl.NCCOc1cccc2c1C(S(=O)(=O)c1ccccc1)CS2(O)O. The van der Waals surface area contributed by atoms with E-state index in [9.17, 15) is 17.5 Å². The highest BCUT2D eigenvalue weighted by molar-refractivity contribution is 8.25. The Labute approximate surface area is 154 Å². The van der Waals surface area contributed by atoms with Gasteiger partial charge in [-0.1, -0.05) is 24.3 Å². The first-order valence-electron chi connectivity index (χ1n) is 7.38. The van der Waals surface area contributed by atoms with Gasteiger partial charge in [0.1, 0.15) is 17.6 Å². The lowest BCUT2D eigenvalue weighted by Gasteiger charge is -2.27. The summed E-state index contributed by atoms with van der Waals surface area (Å²) >= 11 is 0. The summed E-state index contributed by atoms with van der Waals surface area (Å²) in [6, 6.07) is 12.8. The third kappa shape index (κ3) is 3.64. The second kappa shape index (κ2) is 7.53. The maximum Gasteiger partial charge on any atom is 0.187 e. The minimum absolute atomic E-state index is 0. The molecule has 138 valence electrons. The summed E-state index contributed by atoms with van der Waals surface area (Å²) in [6.45, 7) is 0.490. The zero-order chi connectivity index (χ0) is 17.4. The number of hydrogen-bond acceptors (Lipinski definition) is 6. The van der Waals surface area contributed by atoms with E-state index in [0.29, 0.717) is 11.3 Å². The molecule has 25 heavy (non-hydrogen) atoms. The Hall–Kier alpha value is -1.29. The maximum absolute atomic E-state index is 13.0. The van der Waals surface area contributed by atoms with E-state index in [0.717, 1.165) is 0 Å². The van der Waals surface area contributed by atoms with Crippen molar-refractivity contribution in [1.29, 1.82) is 0 Å². The summed E-state index contributed by atoms with van der Waals surface area (Å²) in [5.41, 5.74) is 5.78. The van der Waals surface area contributed by atoms with E-state index in [-0.39, 0.29) is 41.1 Å². The van der Waals surface area contributed by atoms with Crippen molar-refractivity contribution in [3.8, 4) is 5.75 Å². The standard InChI is InChI=1S/C16H19NO5S2.ClH/c17-9-10-22-13-7-4-8-14-16(13)15(11-23(14,18)19)24(20,21)12-5-2-1-3-6-12;/h1-8,15,18-19H,9-11,17H2;1H. The van der Waals surface area contributed by atoms with Gasteiger partial charge in [0, 0.05) is 12.1 Å². The predicted molar refractivity (Wildman–Crippen MR) is 101 cm³/mol. The van der Waals surface area contributed by atoms with E-state index in [2.05, 4.69) is 0 Å². The fourth-order valence-electron chi connectivity index (χ4n) is 2.82. The molecule has 1 heterocycles. The van der Waals surface area contributed by atoms with Crippen LogP contribution in [0.3, 0.4) is 0 Å². The number of hydrogen-bond donors (Lipinski definition) is 3. The quantitative estimate of drug-likeness (QED) is 0.705. The normalized spacial score (nSPS) is 19.6. The minimum atomic E-state index is -3.78. The fraction of sp³-hybridized carbons (Fsp3) is 0.250. The lowest BCUT2D eigenvalue weighted by Crippen LogP contribution is -2.17. The van der Waals surface area contributed by atoms with Crippen LogP contribution in [0.15, 0.2) is 58.3 Å². The van der Waals surface area contributed by atoms with E-state index >= 15 is 0 Å². The van der Waals surface area contributed by atoms with Crippen LogP contribution >= 0.6 is 23.0 Å². The Balaban J connectivity index is 0.00000225. The van der Waals surface area contributed by atoms with Crippen LogP contribution in [0.2, 0.25) is 0 Å². The largest absolute Gasteiger partial charge is 0.492 e. The van der Waals surface area contributed by atoms with Crippen molar-refractivity contribution in [3.63, 3.8) is 0 Å². The Morgan fingerprint density at radius 1 is 1.12 bits per heavy atom. The first kappa shape index (κ1) is 20.0. The van der Waals surface area contributed by atoms with Gasteiger partial charge >= 0.3 is 0 Å². The van der Waals surface area contributed by atoms with Crippen LogP contribution in [-0.4, -0.2) is 36.4 Å². The summed E-state index contributed by atoms with van der Waals surface area (Å²) in [5.74, 6) is 0.0719. The number of fused-ring (bicyclic) bond motifs is 1. The summed E-state index contributed by atoms with van der Waals surface area (Å²) in [5, 5.41) is -1.06. The van der Waals surface area contributed by atoms with E-state index in [1.807, 2.05) is 0 Å². The first-order valence-corrected chi connectivity index (χ1v) is 10.6. The molecule has 3 rings (SSSR count). The minimum Gasteiger partial charge on any atom is -0.492 e. The van der Waals surface area contributed by atoms with Gasteiger partial charge in [0.2, 0.25) is 0 Å². The number of rotatable bonds is 5. The van der Waals surface area contributed by atoms with Crippen molar-refractivity contribution in [1.82, 2.24) is 0 Å². The first-order chi connectivity index (χ1) is 11.4. The lowest BCUT2D eigenvalue weighted by atomic mass is 10.1. The van der Waals surface area contributed by atoms with Crippen LogP contribution in [0.1, 0.15) is 10.8 Å². The number of benzene rings is 2. The van der Waals surface area contributed by atoms with E-state index in [1.165, 1.54) is 12.1 Å². The van der Waals surface area contributed by atoms with E-state index in [4.69, 9.17) is 10.5 Å². The van der Waals surface area contributed by atoms with Crippen LogP contribution in [0.25, 0.3) is 0 Å². The van der Waals surface area contributed by atoms with E-state index in [1.54, 1.807) is 36.4 Å². The maximum atomic E-state index is 13.0. The second-order valence-electron chi connectivity index (χ2n) is 5.49. The lowest BCUT2D eigenvalue weighted by molar-refractivity contribution is 0.324. The molecule has 9 heteroatoms. The summed E-state index contributed by atoms with van der Waals surface area (Å²) in [7, 11) is -6.96. The molecule has 2 aromatic carbocycles. The van der Waals surface area contributed by atoms with Crippen molar-refractivity contribution in [2.24, 2.45) is 5.73 Å².